The standard InChI is InChI=1S/C12H13BrF3NO/c13-8-5-4-7(12(14,15)16)10(11(8)18)9-3-1-2-6-17-9/h4-5,9,17-18H,1-3,6H2/t9-/m1/s1. The van der Waals surface area contributed by atoms with Crippen LogP contribution in [0.5, 0.6) is 5.75 Å². The third-order valence-electron chi connectivity index (χ3n) is 3.13. The molecule has 1 aromatic rings. The molecule has 1 heterocycles. The van der Waals surface area contributed by atoms with Crippen LogP contribution in [-0.2, 0) is 6.18 Å². The van der Waals surface area contributed by atoms with Gasteiger partial charge in [-0.25, -0.2) is 0 Å². The number of benzene rings is 1. The van der Waals surface area contributed by atoms with Gasteiger partial charge in [-0.15, -0.1) is 0 Å². The molecule has 0 bridgehead atoms. The minimum atomic E-state index is -4.45. The SMILES string of the molecule is Oc1c(Br)ccc(C(F)(F)F)c1[C@H]1CCCCN1. The Kier molecular flexibility index (Phi) is 3.87. The number of rotatable bonds is 1. The van der Waals surface area contributed by atoms with Gasteiger partial charge in [-0.2, -0.15) is 13.2 Å². The van der Waals surface area contributed by atoms with Crippen LogP contribution < -0.4 is 5.32 Å². The van der Waals surface area contributed by atoms with E-state index in [9.17, 15) is 18.3 Å². The number of alkyl halides is 3. The van der Waals surface area contributed by atoms with Crippen molar-refractivity contribution >= 4 is 15.9 Å². The summed E-state index contributed by atoms with van der Waals surface area (Å²) in [6.45, 7) is 0.675. The van der Waals surface area contributed by atoms with E-state index in [0.29, 0.717) is 13.0 Å². The number of aromatic hydroxyl groups is 1. The predicted molar refractivity (Wildman–Crippen MR) is 65.4 cm³/mol. The fraction of sp³-hybridized carbons (Fsp3) is 0.500. The summed E-state index contributed by atoms with van der Waals surface area (Å²) in [7, 11) is 0. The molecule has 1 aliphatic rings. The van der Waals surface area contributed by atoms with Crippen molar-refractivity contribution in [2.24, 2.45) is 0 Å². The van der Waals surface area contributed by atoms with Crippen LogP contribution in [0.2, 0.25) is 0 Å². The van der Waals surface area contributed by atoms with Crippen molar-refractivity contribution in [1.82, 2.24) is 5.32 Å². The molecular weight excluding hydrogens is 311 g/mol. The van der Waals surface area contributed by atoms with Crippen LogP contribution in [0.25, 0.3) is 0 Å². The summed E-state index contributed by atoms with van der Waals surface area (Å²) in [4.78, 5) is 0. The topological polar surface area (TPSA) is 32.3 Å². The lowest BCUT2D eigenvalue weighted by atomic mass is 9.92. The fourth-order valence-electron chi connectivity index (χ4n) is 2.28. The van der Waals surface area contributed by atoms with Crippen LogP contribution in [0.4, 0.5) is 13.2 Å². The Morgan fingerprint density at radius 3 is 2.56 bits per heavy atom. The van der Waals surface area contributed by atoms with Crippen LogP contribution in [0, 0.1) is 0 Å². The first-order chi connectivity index (χ1) is 8.41. The molecule has 2 N–H and O–H groups in total. The smallest absolute Gasteiger partial charge is 0.416 e. The average Bonchev–Trinajstić information content (AvgIpc) is 2.32. The average molecular weight is 324 g/mol. The summed E-state index contributed by atoms with van der Waals surface area (Å²) in [6.07, 6.45) is -2.03. The van der Waals surface area contributed by atoms with Gasteiger partial charge >= 0.3 is 6.18 Å². The highest BCUT2D eigenvalue weighted by Crippen LogP contribution is 2.43. The van der Waals surface area contributed by atoms with E-state index in [2.05, 4.69) is 21.2 Å². The van der Waals surface area contributed by atoms with Gasteiger partial charge in [0.25, 0.3) is 0 Å². The molecule has 0 spiro atoms. The van der Waals surface area contributed by atoms with Gasteiger partial charge in [0.1, 0.15) is 5.75 Å². The maximum Gasteiger partial charge on any atom is 0.416 e. The molecule has 0 saturated carbocycles. The maximum absolute atomic E-state index is 13.0. The summed E-state index contributed by atoms with van der Waals surface area (Å²) >= 11 is 3.07. The molecule has 1 aliphatic heterocycles. The normalized spacial score (nSPS) is 21.0. The second-order valence-corrected chi connectivity index (χ2v) is 5.21. The molecular formula is C12H13BrF3NO. The van der Waals surface area contributed by atoms with Crippen LogP contribution in [0.15, 0.2) is 16.6 Å². The predicted octanol–water partition coefficient (Wildman–Crippen LogP) is 3.99. The highest BCUT2D eigenvalue weighted by molar-refractivity contribution is 9.10. The zero-order chi connectivity index (χ0) is 13.3. The summed E-state index contributed by atoms with van der Waals surface area (Å²) < 4.78 is 39.2. The molecule has 6 heteroatoms. The molecule has 100 valence electrons. The summed E-state index contributed by atoms with van der Waals surface area (Å²) in [5, 5.41) is 12.9. The van der Waals surface area contributed by atoms with E-state index in [1.807, 2.05) is 0 Å². The Bertz CT molecular complexity index is 442. The van der Waals surface area contributed by atoms with Crippen molar-refractivity contribution in [3.05, 3.63) is 27.7 Å². The van der Waals surface area contributed by atoms with E-state index in [-0.39, 0.29) is 15.8 Å². The number of halogens is 4. The van der Waals surface area contributed by atoms with Gasteiger partial charge in [-0.1, -0.05) is 6.42 Å². The molecule has 0 radical (unpaired) electrons. The van der Waals surface area contributed by atoms with Crippen molar-refractivity contribution in [2.75, 3.05) is 6.54 Å². The second kappa shape index (κ2) is 5.09. The largest absolute Gasteiger partial charge is 0.506 e. The first-order valence-corrected chi connectivity index (χ1v) is 6.52. The van der Waals surface area contributed by atoms with E-state index in [1.165, 1.54) is 6.07 Å². The lowest BCUT2D eigenvalue weighted by Crippen LogP contribution is -2.29. The van der Waals surface area contributed by atoms with Gasteiger partial charge in [0.15, 0.2) is 0 Å². The lowest BCUT2D eigenvalue weighted by molar-refractivity contribution is -0.138. The van der Waals surface area contributed by atoms with Crippen molar-refractivity contribution in [1.29, 1.82) is 0 Å². The van der Waals surface area contributed by atoms with Gasteiger partial charge in [0.2, 0.25) is 0 Å². The Morgan fingerprint density at radius 2 is 2.00 bits per heavy atom. The van der Waals surface area contributed by atoms with Crippen molar-refractivity contribution in [3.63, 3.8) is 0 Å². The van der Waals surface area contributed by atoms with Crippen LogP contribution in [0.1, 0.15) is 36.4 Å². The third-order valence-corrected chi connectivity index (χ3v) is 3.77. The molecule has 18 heavy (non-hydrogen) atoms. The zero-order valence-electron chi connectivity index (χ0n) is 9.52. The molecule has 2 nitrogen and oxygen atoms in total. The molecule has 1 aromatic carbocycles. The molecule has 1 fully saturated rings. The number of piperidine rings is 1. The summed E-state index contributed by atoms with van der Waals surface area (Å²) in [5.41, 5.74) is -0.806. The number of hydrogen-bond acceptors (Lipinski definition) is 2. The highest BCUT2D eigenvalue weighted by atomic mass is 79.9. The monoisotopic (exact) mass is 323 g/mol. The quantitative estimate of drug-likeness (QED) is 0.819. The van der Waals surface area contributed by atoms with E-state index in [1.54, 1.807) is 0 Å². The Labute approximate surface area is 111 Å². The molecule has 0 aromatic heterocycles. The summed E-state index contributed by atoms with van der Waals surface area (Å²) in [5.74, 6) is -0.316. The van der Waals surface area contributed by atoms with E-state index >= 15 is 0 Å². The molecule has 1 atom stereocenters. The van der Waals surface area contributed by atoms with E-state index < -0.39 is 17.8 Å². The number of phenolic OH excluding ortho intramolecular Hbond substituents is 1. The van der Waals surface area contributed by atoms with Crippen LogP contribution in [-0.4, -0.2) is 11.7 Å². The molecule has 0 aliphatic carbocycles. The maximum atomic E-state index is 13.0. The molecule has 0 amide bonds. The summed E-state index contributed by atoms with van der Waals surface area (Å²) in [6, 6.07) is 1.80. The van der Waals surface area contributed by atoms with Gasteiger partial charge < -0.3 is 10.4 Å². The van der Waals surface area contributed by atoms with Crippen LogP contribution >= 0.6 is 15.9 Å². The Hall–Kier alpha value is -0.750. The highest BCUT2D eigenvalue weighted by Gasteiger charge is 2.37. The Morgan fingerprint density at radius 1 is 1.28 bits per heavy atom. The zero-order valence-corrected chi connectivity index (χ0v) is 11.1. The van der Waals surface area contributed by atoms with Crippen molar-refractivity contribution < 1.29 is 18.3 Å². The van der Waals surface area contributed by atoms with E-state index in [4.69, 9.17) is 0 Å². The molecule has 1 saturated heterocycles. The van der Waals surface area contributed by atoms with Gasteiger partial charge in [-0.3, -0.25) is 0 Å². The number of hydrogen-bond donors (Lipinski definition) is 2. The second-order valence-electron chi connectivity index (χ2n) is 4.36. The van der Waals surface area contributed by atoms with Crippen LogP contribution in [0.3, 0.4) is 0 Å². The van der Waals surface area contributed by atoms with Crippen molar-refractivity contribution in [3.8, 4) is 5.75 Å². The fourth-order valence-corrected chi connectivity index (χ4v) is 2.63. The third kappa shape index (κ3) is 2.64. The minimum absolute atomic E-state index is 0.0448. The molecule has 2 rings (SSSR count). The van der Waals surface area contributed by atoms with E-state index in [0.717, 1.165) is 18.9 Å². The van der Waals surface area contributed by atoms with Gasteiger partial charge in [0, 0.05) is 11.6 Å². The lowest BCUT2D eigenvalue weighted by Gasteiger charge is -2.27. The first-order valence-electron chi connectivity index (χ1n) is 5.73. The van der Waals surface area contributed by atoms with Gasteiger partial charge in [-0.05, 0) is 47.4 Å². The number of phenols is 1. The van der Waals surface area contributed by atoms with Crippen molar-refractivity contribution in [2.45, 2.75) is 31.5 Å². The minimum Gasteiger partial charge on any atom is -0.506 e. The molecule has 0 unspecified atom stereocenters. The van der Waals surface area contributed by atoms with Gasteiger partial charge in [0.05, 0.1) is 10.0 Å². The number of nitrogens with one attached hydrogen (secondary N) is 1. The Balaban J connectivity index is 2.50. The first kappa shape index (κ1) is 13.7.